The molecule has 16 heavy (non-hydrogen) atoms. The molecule has 0 saturated carbocycles. The third-order valence-corrected chi connectivity index (χ3v) is 3.22. The highest BCUT2D eigenvalue weighted by Crippen LogP contribution is 2.29. The summed E-state index contributed by atoms with van der Waals surface area (Å²) in [6.45, 7) is 7.10. The lowest BCUT2D eigenvalue weighted by Gasteiger charge is -2.11. The van der Waals surface area contributed by atoms with E-state index in [-0.39, 0.29) is 6.10 Å². The molecular weight excluding hydrogens is 200 g/mol. The van der Waals surface area contributed by atoms with E-state index in [0.29, 0.717) is 12.2 Å². The van der Waals surface area contributed by atoms with E-state index in [2.05, 4.69) is 20.8 Å². The zero-order valence-corrected chi connectivity index (χ0v) is 10.8. The predicted octanol–water partition coefficient (Wildman–Crippen LogP) is 3.65. The minimum absolute atomic E-state index is 0.0732. The molecule has 0 radical (unpaired) electrons. The van der Waals surface area contributed by atoms with Crippen molar-refractivity contribution in [3.05, 3.63) is 11.1 Å². The zero-order valence-electron chi connectivity index (χ0n) is 10.8. The molecule has 0 spiro atoms. The predicted molar refractivity (Wildman–Crippen MR) is 66.5 cm³/mol. The summed E-state index contributed by atoms with van der Waals surface area (Å²) in [4.78, 5) is 11.8. The highest BCUT2D eigenvalue weighted by molar-refractivity contribution is 5.99. The summed E-state index contributed by atoms with van der Waals surface area (Å²) in [5.41, 5.74) is 2.24. The molecule has 1 unspecified atom stereocenters. The van der Waals surface area contributed by atoms with Gasteiger partial charge in [0.2, 0.25) is 0 Å². The number of carbonyl (C=O) groups excluding carboxylic acids is 1. The van der Waals surface area contributed by atoms with Crippen molar-refractivity contribution in [1.82, 2.24) is 0 Å². The lowest BCUT2D eigenvalue weighted by Crippen LogP contribution is -2.12. The van der Waals surface area contributed by atoms with Gasteiger partial charge in [-0.2, -0.15) is 0 Å². The van der Waals surface area contributed by atoms with Crippen molar-refractivity contribution in [3.63, 3.8) is 0 Å². The number of allylic oxidation sites excluding steroid dienone is 1. The van der Waals surface area contributed by atoms with E-state index in [1.54, 1.807) is 0 Å². The summed E-state index contributed by atoms with van der Waals surface area (Å²) in [7, 11) is 0. The van der Waals surface area contributed by atoms with Crippen molar-refractivity contribution in [2.24, 2.45) is 0 Å². The van der Waals surface area contributed by atoms with Crippen molar-refractivity contribution in [1.29, 1.82) is 0 Å². The highest BCUT2D eigenvalue weighted by Gasteiger charge is 2.29. The number of Topliss-reactive ketones (excluding diaryl/α,β-unsaturated/α-hetero) is 1. The molecule has 1 atom stereocenters. The molecule has 0 aromatic carbocycles. The fourth-order valence-electron chi connectivity index (χ4n) is 2.19. The number of hydrogen-bond donors (Lipinski definition) is 0. The molecular formula is C14H24O2. The second-order valence-corrected chi connectivity index (χ2v) is 4.61. The van der Waals surface area contributed by atoms with Gasteiger partial charge in [0.15, 0.2) is 5.78 Å². The maximum absolute atomic E-state index is 11.8. The minimum Gasteiger partial charge on any atom is -0.373 e. The Bertz CT molecular complexity index is 266. The molecule has 1 aliphatic rings. The van der Waals surface area contributed by atoms with Gasteiger partial charge in [0, 0.05) is 13.0 Å². The van der Waals surface area contributed by atoms with Crippen LogP contribution >= 0.6 is 0 Å². The van der Waals surface area contributed by atoms with Crippen molar-refractivity contribution in [3.8, 4) is 0 Å². The Morgan fingerprint density at radius 1 is 1.25 bits per heavy atom. The number of carbonyl (C=O) groups is 1. The first-order valence-electron chi connectivity index (χ1n) is 6.55. The van der Waals surface area contributed by atoms with E-state index >= 15 is 0 Å². The lowest BCUT2D eigenvalue weighted by atomic mass is 10.0. The van der Waals surface area contributed by atoms with Crippen LogP contribution in [-0.2, 0) is 9.53 Å². The smallest absolute Gasteiger partial charge is 0.161 e. The van der Waals surface area contributed by atoms with Crippen LogP contribution in [-0.4, -0.2) is 18.5 Å². The molecule has 0 amide bonds. The van der Waals surface area contributed by atoms with Gasteiger partial charge in [-0.05, 0) is 37.3 Å². The summed E-state index contributed by atoms with van der Waals surface area (Å²) in [6.07, 6.45) is 6.17. The molecule has 0 N–H and O–H groups in total. The van der Waals surface area contributed by atoms with Crippen molar-refractivity contribution in [2.45, 2.75) is 65.4 Å². The number of ether oxygens (including phenoxy) is 1. The maximum atomic E-state index is 11.8. The molecule has 2 nitrogen and oxygen atoms in total. The van der Waals surface area contributed by atoms with Gasteiger partial charge in [-0.3, -0.25) is 4.79 Å². The summed E-state index contributed by atoms with van der Waals surface area (Å²) >= 11 is 0. The Hall–Kier alpha value is -0.630. The molecule has 2 heteroatoms. The van der Waals surface area contributed by atoms with Gasteiger partial charge < -0.3 is 4.74 Å². The Morgan fingerprint density at radius 2 is 2.00 bits per heavy atom. The molecule has 0 aliphatic heterocycles. The monoisotopic (exact) mass is 224 g/mol. The third-order valence-electron chi connectivity index (χ3n) is 3.22. The Labute approximate surface area is 99.1 Å². The SMILES string of the molecule is CCCCCC1=C(C)C(OCCC)CC1=O. The third kappa shape index (κ3) is 3.44. The number of rotatable bonds is 7. The Kier molecular flexibility index (Phi) is 5.75. The quantitative estimate of drug-likeness (QED) is 0.617. The van der Waals surface area contributed by atoms with Crippen molar-refractivity contribution in [2.75, 3.05) is 6.61 Å². The summed E-state index contributed by atoms with van der Waals surface area (Å²) in [5, 5.41) is 0. The highest BCUT2D eigenvalue weighted by atomic mass is 16.5. The van der Waals surface area contributed by atoms with E-state index in [1.807, 2.05) is 0 Å². The Morgan fingerprint density at radius 3 is 2.62 bits per heavy atom. The molecule has 0 heterocycles. The topological polar surface area (TPSA) is 26.3 Å². The van der Waals surface area contributed by atoms with Crippen LogP contribution in [0.5, 0.6) is 0 Å². The van der Waals surface area contributed by atoms with Crippen LogP contribution < -0.4 is 0 Å². The lowest BCUT2D eigenvalue weighted by molar-refractivity contribution is -0.116. The average Bonchev–Trinajstić information content (AvgIpc) is 2.54. The molecule has 0 saturated heterocycles. The van der Waals surface area contributed by atoms with Gasteiger partial charge in [0.1, 0.15) is 0 Å². The second kappa shape index (κ2) is 6.85. The first kappa shape index (κ1) is 13.4. The molecule has 92 valence electrons. The van der Waals surface area contributed by atoms with Crippen LogP contribution in [0, 0.1) is 0 Å². The largest absolute Gasteiger partial charge is 0.373 e. The standard InChI is InChI=1S/C14H24O2/c1-4-6-7-8-12-11(3)14(10-13(12)15)16-9-5-2/h14H,4-10H2,1-3H3. The van der Waals surface area contributed by atoms with Gasteiger partial charge in [-0.15, -0.1) is 0 Å². The maximum Gasteiger partial charge on any atom is 0.161 e. The molecule has 1 rings (SSSR count). The van der Waals surface area contributed by atoms with E-state index in [1.165, 1.54) is 18.4 Å². The van der Waals surface area contributed by atoms with Crippen LogP contribution in [0.25, 0.3) is 0 Å². The molecule has 0 aromatic rings. The molecule has 0 bridgehead atoms. The minimum atomic E-state index is 0.0732. The van der Waals surface area contributed by atoms with Crippen LogP contribution in [0.15, 0.2) is 11.1 Å². The fourth-order valence-corrected chi connectivity index (χ4v) is 2.19. The first-order valence-corrected chi connectivity index (χ1v) is 6.55. The normalized spacial score (nSPS) is 20.9. The second-order valence-electron chi connectivity index (χ2n) is 4.61. The van der Waals surface area contributed by atoms with E-state index in [4.69, 9.17) is 4.74 Å². The zero-order chi connectivity index (χ0) is 12.0. The average molecular weight is 224 g/mol. The Balaban J connectivity index is 2.51. The van der Waals surface area contributed by atoms with Crippen LogP contribution in [0.3, 0.4) is 0 Å². The molecule has 1 aliphatic carbocycles. The van der Waals surface area contributed by atoms with Gasteiger partial charge in [0.05, 0.1) is 6.10 Å². The summed E-state index contributed by atoms with van der Waals surface area (Å²) < 4.78 is 5.69. The number of ketones is 1. The first-order chi connectivity index (χ1) is 7.70. The molecule has 0 fully saturated rings. The van der Waals surface area contributed by atoms with Crippen LogP contribution in [0.4, 0.5) is 0 Å². The van der Waals surface area contributed by atoms with Gasteiger partial charge in [-0.25, -0.2) is 0 Å². The van der Waals surface area contributed by atoms with Crippen molar-refractivity contribution < 1.29 is 9.53 Å². The van der Waals surface area contributed by atoms with E-state index < -0.39 is 0 Å². The number of hydrogen-bond acceptors (Lipinski definition) is 2. The van der Waals surface area contributed by atoms with Crippen LogP contribution in [0.2, 0.25) is 0 Å². The fraction of sp³-hybridized carbons (Fsp3) is 0.786. The van der Waals surface area contributed by atoms with E-state index in [0.717, 1.165) is 31.4 Å². The summed E-state index contributed by atoms with van der Waals surface area (Å²) in [5.74, 6) is 0.315. The van der Waals surface area contributed by atoms with Crippen LogP contribution in [0.1, 0.15) is 59.3 Å². The van der Waals surface area contributed by atoms with Gasteiger partial charge >= 0.3 is 0 Å². The van der Waals surface area contributed by atoms with Crippen molar-refractivity contribution >= 4 is 5.78 Å². The molecule has 0 aromatic heterocycles. The summed E-state index contributed by atoms with van der Waals surface area (Å²) in [6, 6.07) is 0. The van der Waals surface area contributed by atoms with E-state index in [9.17, 15) is 4.79 Å². The number of unbranched alkanes of at least 4 members (excludes halogenated alkanes) is 2. The van der Waals surface area contributed by atoms with Gasteiger partial charge in [0.25, 0.3) is 0 Å². The van der Waals surface area contributed by atoms with Gasteiger partial charge in [-0.1, -0.05) is 26.7 Å².